The summed E-state index contributed by atoms with van der Waals surface area (Å²) in [4.78, 5) is 64.6. The number of nitrogens with zero attached hydrogens (tertiary/aromatic N) is 4. The van der Waals surface area contributed by atoms with E-state index in [1.54, 1.807) is 11.1 Å². The number of fused-ring (bicyclic) bond motifs is 1. The van der Waals surface area contributed by atoms with Crippen molar-refractivity contribution in [3.05, 3.63) is 74.8 Å². The Balaban J connectivity index is 1.51. The van der Waals surface area contributed by atoms with Crippen LogP contribution in [0.3, 0.4) is 0 Å². The molecule has 5 rings (SSSR count). The summed E-state index contributed by atoms with van der Waals surface area (Å²) in [5.41, 5.74) is 4.34. The largest absolute Gasteiger partial charge is 0.465 e. The molecule has 1 aromatic carbocycles. The van der Waals surface area contributed by atoms with Crippen molar-refractivity contribution >= 4 is 29.4 Å². The Hall–Kier alpha value is -4.67. The molecule has 2 aliphatic rings. The van der Waals surface area contributed by atoms with E-state index in [9.17, 15) is 24.3 Å². The average molecular weight is 615 g/mol. The number of piperazine rings is 1. The van der Waals surface area contributed by atoms with E-state index in [1.807, 2.05) is 76.8 Å². The number of aromatic amines is 1. The number of aromatic nitrogens is 2. The van der Waals surface area contributed by atoms with Gasteiger partial charge >= 0.3 is 6.09 Å². The van der Waals surface area contributed by atoms with Crippen LogP contribution in [0.2, 0.25) is 0 Å². The fraction of sp³-hybridized carbons (Fsp3) is 0.441. The normalized spacial score (nSPS) is 15.9. The Kier molecular flexibility index (Phi) is 8.73. The highest BCUT2D eigenvalue weighted by molar-refractivity contribution is 6.13. The van der Waals surface area contributed by atoms with Gasteiger partial charge in [0.05, 0.1) is 5.41 Å². The minimum atomic E-state index is -0.931. The van der Waals surface area contributed by atoms with Crippen LogP contribution in [0.15, 0.2) is 41.3 Å². The van der Waals surface area contributed by atoms with E-state index < -0.39 is 11.5 Å². The summed E-state index contributed by atoms with van der Waals surface area (Å²) in [6.45, 7) is 13.5. The molecule has 4 heterocycles. The summed E-state index contributed by atoms with van der Waals surface area (Å²) in [5.74, 6) is 0.310. The molecule has 1 saturated heterocycles. The lowest BCUT2D eigenvalue weighted by atomic mass is 9.81. The predicted octanol–water partition coefficient (Wildman–Crippen LogP) is 4.46. The molecule has 2 aromatic heterocycles. The highest BCUT2D eigenvalue weighted by atomic mass is 16.4. The minimum Gasteiger partial charge on any atom is -0.465 e. The van der Waals surface area contributed by atoms with Gasteiger partial charge in [-0.15, -0.1) is 0 Å². The summed E-state index contributed by atoms with van der Waals surface area (Å²) in [6.07, 6.45) is 2.42. The van der Waals surface area contributed by atoms with Gasteiger partial charge in [-0.3, -0.25) is 14.4 Å². The number of carbonyl (C=O) groups is 3. The topological polar surface area (TPSA) is 139 Å². The first-order valence-corrected chi connectivity index (χ1v) is 15.5. The van der Waals surface area contributed by atoms with Gasteiger partial charge in [-0.2, -0.15) is 0 Å². The van der Waals surface area contributed by atoms with Crippen LogP contribution < -0.4 is 20.7 Å². The molecular formula is C34H42N6O5. The van der Waals surface area contributed by atoms with Gasteiger partial charge in [-0.25, -0.2) is 9.78 Å². The van der Waals surface area contributed by atoms with Crippen molar-refractivity contribution in [3.63, 3.8) is 0 Å². The number of amides is 3. The molecule has 11 heteroatoms. The molecule has 11 nitrogen and oxygen atoms in total. The second-order valence-corrected chi connectivity index (χ2v) is 12.7. The molecule has 3 aromatic rings. The summed E-state index contributed by atoms with van der Waals surface area (Å²) in [6, 6.07) is 9.41. The molecule has 3 amide bonds. The Morgan fingerprint density at radius 1 is 1.07 bits per heavy atom. The highest BCUT2D eigenvalue weighted by Gasteiger charge is 2.47. The molecule has 0 radical (unpaired) electrons. The molecule has 0 aliphatic carbocycles. The van der Waals surface area contributed by atoms with Crippen molar-refractivity contribution in [2.24, 2.45) is 0 Å². The Morgan fingerprint density at radius 3 is 2.38 bits per heavy atom. The van der Waals surface area contributed by atoms with Gasteiger partial charge in [0.1, 0.15) is 5.82 Å². The second-order valence-electron chi connectivity index (χ2n) is 12.7. The first-order valence-electron chi connectivity index (χ1n) is 15.5. The Morgan fingerprint density at radius 2 is 1.78 bits per heavy atom. The highest BCUT2D eigenvalue weighted by Crippen LogP contribution is 2.46. The van der Waals surface area contributed by atoms with Crippen LogP contribution in [-0.2, 0) is 23.2 Å². The van der Waals surface area contributed by atoms with Crippen LogP contribution in [0, 0.1) is 6.92 Å². The maximum Gasteiger partial charge on any atom is 0.407 e. The fourth-order valence-electron chi connectivity index (χ4n) is 6.46. The lowest BCUT2D eigenvalue weighted by Crippen LogP contribution is -2.48. The first kappa shape index (κ1) is 31.7. The zero-order valence-corrected chi connectivity index (χ0v) is 26.9. The van der Waals surface area contributed by atoms with E-state index in [0.717, 1.165) is 41.0 Å². The smallest absolute Gasteiger partial charge is 0.407 e. The number of aryl methyl sites for hydroxylation is 2. The predicted molar refractivity (Wildman–Crippen MR) is 174 cm³/mol. The standard InChI is InChI=1S/C34H42N6O5/c1-7-8-22-15-21(4)37-31(42)26(22)19-36-30(41)25-16-24(17-27-29(25)34(5,6)32(43)40(27)20(2)3)23-9-10-28(35-18-23)38-11-13-39(14-12-38)33(44)45/h9-10,15-18,20H,7-8,11-14,19H2,1-6H3,(H,36,41)(H,37,42)(H,44,45). The van der Waals surface area contributed by atoms with E-state index in [-0.39, 0.29) is 30.0 Å². The van der Waals surface area contributed by atoms with Crippen molar-refractivity contribution in [2.45, 2.75) is 72.4 Å². The summed E-state index contributed by atoms with van der Waals surface area (Å²) in [5, 5.41) is 12.2. The number of H-pyrrole nitrogens is 1. The van der Waals surface area contributed by atoms with Crippen LogP contribution in [0.5, 0.6) is 0 Å². The summed E-state index contributed by atoms with van der Waals surface area (Å²) < 4.78 is 0. The number of anilines is 2. The van der Waals surface area contributed by atoms with Crippen LogP contribution in [0.4, 0.5) is 16.3 Å². The molecule has 3 N–H and O–H groups in total. The molecule has 0 atom stereocenters. The third-order valence-corrected chi connectivity index (χ3v) is 8.78. The van der Waals surface area contributed by atoms with Crippen molar-refractivity contribution < 1.29 is 19.5 Å². The number of carboxylic acid groups (broad SMARTS) is 1. The SMILES string of the molecule is CCCc1cc(C)[nH]c(=O)c1CNC(=O)c1cc(-c2ccc(N3CCN(C(=O)O)CC3)nc2)cc2c1C(C)(C)C(=O)N2C(C)C. The Labute approximate surface area is 263 Å². The van der Waals surface area contributed by atoms with Crippen LogP contribution in [0.25, 0.3) is 11.1 Å². The van der Waals surface area contributed by atoms with E-state index >= 15 is 0 Å². The molecule has 238 valence electrons. The van der Waals surface area contributed by atoms with Gasteiger partial charge in [0, 0.05) is 78.6 Å². The fourth-order valence-corrected chi connectivity index (χ4v) is 6.46. The first-order chi connectivity index (χ1) is 21.3. The number of benzene rings is 1. The second kappa shape index (κ2) is 12.4. The monoisotopic (exact) mass is 614 g/mol. The van der Waals surface area contributed by atoms with E-state index in [2.05, 4.69) is 15.3 Å². The van der Waals surface area contributed by atoms with Crippen LogP contribution in [0.1, 0.15) is 73.8 Å². The van der Waals surface area contributed by atoms with Crippen LogP contribution >= 0.6 is 0 Å². The molecule has 0 saturated carbocycles. The van der Waals surface area contributed by atoms with E-state index in [1.165, 1.54) is 4.90 Å². The molecular weight excluding hydrogens is 572 g/mol. The van der Waals surface area contributed by atoms with Gasteiger partial charge in [0.2, 0.25) is 5.91 Å². The summed E-state index contributed by atoms with van der Waals surface area (Å²) in [7, 11) is 0. The van der Waals surface area contributed by atoms with Gasteiger partial charge < -0.3 is 30.1 Å². The molecule has 0 bridgehead atoms. The molecule has 0 unspecified atom stereocenters. The third-order valence-electron chi connectivity index (χ3n) is 8.78. The van der Waals surface area contributed by atoms with Crippen molar-refractivity contribution in [2.75, 3.05) is 36.0 Å². The van der Waals surface area contributed by atoms with Crippen molar-refractivity contribution in [3.8, 4) is 11.1 Å². The van der Waals surface area contributed by atoms with E-state index in [0.29, 0.717) is 48.6 Å². The lowest BCUT2D eigenvalue weighted by molar-refractivity contribution is -0.122. The molecule has 0 spiro atoms. The van der Waals surface area contributed by atoms with Crippen molar-refractivity contribution in [1.82, 2.24) is 20.2 Å². The number of hydrogen-bond donors (Lipinski definition) is 3. The van der Waals surface area contributed by atoms with Gasteiger partial charge in [0.25, 0.3) is 11.5 Å². The molecule has 1 fully saturated rings. The van der Waals surface area contributed by atoms with Crippen LogP contribution in [-0.4, -0.2) is 70.1 Å². The van der Waals surface area contributed by atoms with Gasteiger partial charge in [0.15, 0.2) is 0 Å². The Bertz CT molecular complexity index is 1690. The van der Waals surface area contributed by atoms with E-state index in [4.69, 9.17) is 0 Å². The maximum absolute atomic E-state index is 14.0. The summed E-state index contributed by atoms with van der Waals surface area (Å²) >= 11 is 0. The van der Waals surface area contributed by atoms with Crippen molar-refractivity contribution in [1.29, 1.82) is 0 Å². The third kappa shape index (κ3) is 6.03. The number of hydrogen-bond acceptors (Lipinski definition) is 6. The molecule has 2 aliphatic heterocycles. The van der Waals surface area contributed by atoms with Gasteiger partial charge in [-0.05, 0) is 82.5 Å². The zero-order valence-electron chi connectivity index (χ0n) is 26.9. The van der Waals surface area contributed by atoms with Gasteiger partial charge in [-0.1, -0.05) is 13.3 Å². The average Bonchev–Trinajstić information content (AvgIpc) is 3.20. The number of carbonyl (C=O) groups excluding carboxylic acids is 2. The maximum atomic E-state index is 14.0. The molecule has 45 heavy (non-hydrogen) atoms. The zero-order chi connectivity index (χ0) is 32.6. The number of pyridine rings is 2. The number of rotatable bonds is 8. The number of nitrogens with one attached hydrogen (secondary N) is 2. The quantitative estimate of drug-likeness (QED) is 0.341. The minimum absolute atomic E-state index is 0.0659. The lowest BCUT2D eigenvalue weighted by Gasteiger charge is -2.33.